The molecule has 0 unspecified atom stereocenters. The standard InChI is InChI=1S/C13H13FN2/c1-8-10(4-3-5-11(8)14)13-7-6-12(15)9(2)16-13/h3-7H,15H2,1-2H3. The Bertz CT molecular complexity index is 535. The van der Waals surface area contributed by atoms with Crippen molar-refractivity contribution in [3.05, 3.63) is 47.4 Å². The molecular weight excluding hydrogens is 203 g/mol. The van der Waals surface area contributed by atoms with Crippen LogP contribution in [0.5, 0.6) is 0 Å². The summed E-state index contributed by atoms with van der Waals surface area (Å²) in [5, 5.41) is 0. The Morgan fingerprint density at radius 1 is 1.12 bits per heavy atom. The predicted molar refractivity (Wildman–Crippen MR) is 63.5 cm³/mol. The summed E-state index contributed by atoms with van der Waals surface area (Å²) in [5.74, 6) is -0.214. The molecular formula is C13H13FN2. The molecule has 1 aromatic heterocycles. The minimum Gasteiger partial charge on any atom is -0.397 e. The van der Waals surface area contributed by atoms with E-state index in [9.17, 15) is 4.39 Å². The summed E-state index contributed by atoms with van der Waals surface area (Å²) in [5.41, 5.74) is 9.29. The fourth-order valence-corrected chi connectivity index (χ4v) is 1.61. The number of hydrogen-bond donors (Lipinski definition) is 1. The number of hydrogen-bond acceptors (Lipinski definition) is 2. The molecule has 3 heteroatoms. The molecule has 2 nitrogen and oxygen atoms in total. The highest BCUT2D eigenvalue weighted by Crippen LogP contribution is 2.24. The molecule has 0 aliphatic rings. The Morgan fingerprint density at radius 2 is 1.88 bits per heavy atom. The number of aromatic nitrogens is 1. The van der Waals surface area contributed by atoms with Crippen molar-refractivity contribution in [3.63, 3.8) is 0 Å². The number of nitrogen functional groups attached to an aromatic ring is 1. The van der Waals surface area contributed by atoms with Crippen LogP contribution in [-0.4, -0.2) is 4.98 Å². The summed E-state index contributed by atoms with van der Waals surface area (Å²) in [6.07, 6.45) is 0. The van der Waals surface area contributed by atoms with Gasteiger partial charge in [-0.25, -0.2) is 4.39 Å². The van der Waals surface area contributed by atoms with Gasteiger partial charge in [-0.1, -0.05) is 12.1 Å². The highest BCUT2D eigenvalue weighted by Gasteiger charge is 2.07. The quantitative estimate of drug-likeness (QED) is 0.795. The fraction of sp³-hybridized carbons (Fsp3) is 0.154. The van der Waals surface area contributed by atoms with Gasteiger partial charge < -0.3 is 5.73 Å². The van der Waals surface area contributed by atoms with Crippen LogP contribution in [0.25, 0.3) is 11.3 Å². The first-order chi connectivity index (χ1) is 7.59. The maximum Gasteiger partial charge on any atom is 0.126 e. The van der Waals surface area contributed by atoms with Gasteiger partial charge in [0.2, 0.25) is 0 Å². The Balaban J connectivity index is 2.59. The lowest BCUT2D eigenvalue weighted by Gasteiger charge is -2.07. The Morgan fingerprint density at radius 3 is 2.56 bits per heavy atom. The zero-order valence-electron chi connectivity index (χ0n) is 9.29. The van der Waals surface area contributed by atoms with Gasteiger partial charge in [0.1, 0.15) is 5.82 Å². The van der Waals surface area contributed by atoms with E-state index < -0.39 is 0 Å². The summed E-state index contributed by atoms with van der Waals surface area (Å²) in [6.45, 7) is 3.59. The van der Waals surface area contributed by atoms with Gasteiger partial charge in [-0.15, -0.1) is 0 Å². The minimum atomic E-state index is -0.214. The van der Waals surface area contributed by atoms with Gasteiger partial charge in [-0.05, 0) is 37.6 Å². The molecule has 0 spiro atoms. The van der Waals surface area contributed by atoms with Crippen LogP contribution >= 0.6 is 0 Å². The topological polar surface area (TPSA) is 38.9 Å². The van der Waals surface area contributed by atoms with Crippen LogP contribution in [0.4, 0.5) is 10.1 Å². The second kappa shape index (κ2) is 3.93. The van der Waals surface area contributed by atoms with Crippen molar-refractivity contribution in [1.82, 2.24) is 4.98 Å². The molecule has 0 amide bonds. The number of anilines is 1. The van der Waals surface area contributed by atoms with Crippen LogP contribution in [0.3, 0.4) is 0 Å². The summed E-state index contributed by atoms with van der Waals surface area (Å²) in [4.78, 5) is 4.35. The Kier molecular flexibility index (Phi) is 2.60. The summed E-state index contributed by atoms with van der Waals surface area (Å²) in [6, 6.07) is 8.59. The first-order valence-electron chi connectivity index (χ1n) is 5.08. The van der Waals surface area contributed by atoms with Gasteiger partial charge in [0.25, 0.3) is 0 Å². The van der Waals surface area contributed by atoms with E-state index in [0.717, 1.165) is 17.0 Å². The van der Waals surface area contributed by atoms with Crippen molar-refractivity contribution in [1.29, 1.82) is 0 Å². The van der Waals surface area contributed by atoms with Gasteiger partial charge in [0, 0.05) is 5.56 Å². The first kappa shape index (κ1) is 10.6. The smallest absolute Gasteiger partial charge is 0.126 e. The Labute approximate surface area is 93.9 Å². The van der Waals surface area contributed by atoms with Gasteiger partial charge in [-0.2, -0.15) is 0 Å². The molecule has 0 saturated carbocycles. The molecule has 0 bridgehead atoms. The normalized spacial score (nSPS) is 10.4. The molecule has 2 N–H and O–H groups in total. The van der Waals surface area contributed by atoms with E-state index in [1.54, 1.807) is 19.1 Å². The summed E-state index contributed by atoms with van der Waals surface area (Å²) in [7, 11) is 0. The zero-order valence-corrected chi connectivity index (χ0v) is 9.29. The lowest BCUT2D eigenvalue weighted by atomic mass is 10.0. The van der Waals surface area contributed by atoms with Crippen LogP contribution < -0.4 is 5.73 Å². The van der Waals surface area contributed by atoms with Crippen LogP contribution in [0, 0.1) is 19.7 Å². The molecule has 1 heterocycles. The lowest BCUT2D eigenvalue weighted by molar-refractivity contribution is 0.619. The van der Waals surface area contributed by atoms with E-state index in [0.29, 0.717) is 11.3 Å². The van der Waals surface area contributed by atoms with E-state index in [2.05, 4.69) is 4.98 Å². The number of nitrogens with zero attached hydrogens (tertiary/aromatic N) is 1. The predicted octanol–water partition coefficient (Wildman–Crippen LogP) is 3.09. The average Bonchev–Trinajstić information content (AvgIpc) is 2.26. The molecule has 0 aliphatic heterocycles. The number of rotatable bonds is 1. The van der Waals surface area contributed by atoms with E-state index in [-0.39, 0.29) is 5.82 Å². The molecule has 82 valence electrons. The van der Waals surface area contributed by atoms with Gasteiger partial charge in [0.05, 0.1) is 17.1 Å². The highest BCUT2D eigenvalue weighted by molar-refractivity contribution is 5.65. The third-order valence-corrected chi connectivity index (χ3v) is 2.67. The molecule has 0 aliphatic carbocycles. The van der Waals surface area contributed by atoms with Crippen molar-refractivity contribution in [2.45, 2.75) is 13.8 Å². The second-order valence-corrected chi connectivity index (χ2v) is 3.78. The first-order valence-corrected chi connectivity index (χ1v) is 5.08. The van der Waals surface area contributed by atoms with Crippen molar-refractivity contribution < 1.29 is 4.39 Å². The average molecular weight is 216 g/mol. The largest absolute Gasteiger partial charge is 0.397 e. The monoisotopic (exact) mass is 216 g/mol. The zero-order chi connectivity index (χ0) is 11.7. The fourth-order valence-electron chi connectivity index (χ4n) is 1.61. The Hall–Kier alpha value is -1.90. The molecule has 0 atom stereocenters. The van der Waals surface area contributed by atoms with Crippen LogP contribution in [0.15, 0.2) is 30.3 Å². The number of halogens is 1. The molecule has 2 aromatic rings. The summed E-state index contributed by atoms with van der Waals surface area (Å²) >= 11 is 0. The highest BCUT2D eigenvalue weighted by atomic mass is 19.1. The van der Waals surface area contributed by atoms with Gasteiger partial charge in [0.15, 0.2) is 0 Å². The van der Waals surface area contributed by atoms with E-state index in [1.807, 2.05) is 19.1 Å². The van der Waals surface area contributed by atoms with E-state index in [1.165, 1.54) is 6.07 Å². The van der Waals surface area contributed by atoms with E-state index >= 15 is 0 Å². The maximum atomic E-state index is 13.4. The minimum absolute atomic E-state index is 0.214. The van der Waals surface area contributed by atoms with E-state index in [4.69, 9.17) is 5.73 Å². The number of nitrogens with two attached hydrogens (primary N) is 1. The van der Waals surface area contributed by atoms with Gasteiger partial charge in [-0.3, -0.25) is 4.98 Å². The van der Waals surface area contributed by atoms with Crippen molar-refractivity contribution >= 4 is 5.69 Å². The molecule has 0 fully saturated rings. The number of aryl methyl sites for hydroxylation is 1. The third kappa shape index (κ3) is 1.76. The number of benzene rings is 1. The van der Waals surface area contributed by atoms with Gasteiger partial charge >= 0.3 is 0 Å². The molecule has 2 rings (SSSR count). The second-order valence-electron chi connectivity index (χ2n) is 3.78. The van der Waals surface area contributed by atoms with Crippen molar-refractivity contribution in [3.8, 4) is 11.3 Å². The maximum absolute atomic E-state index is 13.4. The van der Waals surface area contributed by atoms with Crippen LogP contribution in [0.2, 0.25) is 0 Å². The SMILES string of the molecule is Cc1nc(-c2cccc(F)c2C)ccc1N. The van der Waals surface area contributed by atoms with Crippen LogP contribution in [0.1, 0.15) is 11.3 Å². The van der Waals surface area contributed by atoms with Crippen molar-refractivity contribution in [2.24, 2.45) is 0 Å². The van der Waals surface area contributed by atoms with Crippen molar-refractivity contribution in [2.75, 3.05) is 5.73 Å². The molecule has 0 radical (unpaired) electrons. The number of pyridine rings is 1. The lowest BCUT2D eigenvalue weighted by Crippen LogP contribution is -1.96. The molecule has 16 heavy (non-hydrogen) atoms. The van der Waals surface area contributed by atoms with Crippen LogP contribution in [-0.2, 0) is 0 Å². The summed E-state index contributed by atoms with van der Waals surface area (Å²) < 4.78 is 13.4. The molecule has 0 saturated heterocycles. The third-order valence-electron chi connectivity index (χ3n) is 2.67. The molecule has 1 aromatic carbocycles.